The van der Waals surface area contributed by atoms with Crippen molar-refractivity contribution >= 4 is 0 Å². The van der Waals surface area contributed by atoms with Crippen molar-refractivity contribution in [2.45, 2.75) is 45.1 Å². The van der Waals surface area contributed by atoms with Crippen LogP contribution in [-0.4, -0.2) is 6.04 Å². The van der Waals surface area contributed by atoms with Gasteiger partial charge in [0.05, 0.1) is 0 Å². The van der Waals surface area contributed by atoms with E-state index in [0.29, 0.717) is 0 Å². The Kier molecular flexibility index (Phi) is 4.31. The zero-order valence-electron chi connectivity index (χ0n) is 10.7. The predicted octanol–water partition coefficient (Wildman–Crippen LogP) is 3.43. The summed E-state index contributed by atoms with van der Waals surface area (Å²) in [5.74, 6) is 0. The summed E-state index contributed by atoms with van der Waals surface area (Å²) < 4.78 is 0. The highest BCUT2D eigenvalue weighted by molar-refractivity contribution is 5.28. The standard InChI is InChI=1S/C15H23N/c1-5-6-14(16)11-12-7-9-13(10-8-12)15(2,3)4/h5,7-10,14H,1,6,11,16H2,2-4H3. The highest BCUT2D eigenvalue weighted by Gasteiger charge is 2.13. The van der Waals surface area contributed by atoms with Gasteiger partial charge in [-0.15, -0.1) is 6.58 Å². The van der Waals surface area contributed by atoms with Crippen molar-refractivity contribution in [1.29, 1.82) is 0 Å². The van der Waals surface area contributed by atoms with Crippen LogP contribution in [0.15, 0.2) is 36.9 Å². The summed E-state index contributed by atoms with van der Waals surface area (Å²) in [6.07, 6.45) is 3.69. The van der Waals surface area contributed by atoms with Gasteiger partial charge in [0.15, 0.2) is 0 Å². The molecule has 0 saturated heterocycles. The molecule has 1 atom stereocenters. The van der Waals surface area contributed by atoms with Gasteiger partial charge in [0.2, 0.25) is 0 Å². The lowest BCUT2D eigenvalue weighted by Crippen LogP contribution is -2.21. The highest BCUT2D eigenvalue weighted by atomic mass is 14.6. The summed E-state index contributed by atoms with van der Waals surface area (Å²) in [7, 11) is 0. The summed E-state index contributed by atoms with van der Waals surface area (Å²) in [6.45, 7) is 10.4. The van der Waals surface area contributed by atoms with Gasteiger partial charge >= 0.3 is 0 Å². The van der Waals surface area contributed by atoms with E-state index in [9.17, 15) is 0 Å². The van der Waals surface area contributed by atoms with E-state index in [1.807, 2.05) is 6.08 Å². The molecule has 0 aliphatic rings. The van der Waals surface area contributed by atoms with Crippen molar-refractivity contribution in [1.82, 2.24) is 0 Å². The van der Waals surface area contributed by atoms with E-state index in [-0.39, 0.29) is 11.5 Å². The molecule has 0 amide bonds. The minimum atomic E-state index is 0.193. The average molecular weight is 217 g/mol. The van der Waals surface area contributed by atoms with Gasteiger partial charge in [0, 0.05) is 6.04 Å². The molecule has 1 aromatic rings. The topological polar surface area (TPSA) is 26.0 Å². The Hall–Kier alpha value is -1.08. The van der Waals surface area contributed by atoms with E-state index in [0.717, 1.165) is 12.8 Å². The fraction of sp³-hybridized carbons (Fsp3) is 0.467. The summed E-state index contributed by atoms with van der Waals surface area (Å²) >= 11 is 0. The molecule has 0 aliphatic carbocycles. The zero-order valence-corrected chi connectivity index (χ0v) is 10.7. The lowest BCUT2D eigenvalue weighted by Gasteiger charge is -2.19. The molecule has 0 aliphatic heterocycles. The van der Waals surface area contributed by atoms with Crippen LogP contribution in [0, 0.1) is 0 Å². The van der Waals surface area contributed by atoms with Gasteiger partial charge in [-0.2, -0.15) is 0 Å². The second kappa shape index (κ2) is 5.31. The molecule has 0 spiro atoms. The minimum absolute atomic E-state index is 0.193. The van der Waals surface area contributed by atoms with Crippen LogP contribution in [0.2, 0.25) is 0 Å². The van der Waals surface area contributed by atoms with E-state index in [4.69, 9.17) is 5.73 Å². The molecule has 1 aromatic carbocycles. The first-order chi connectivity index (χ1) is 7.43. The van der Waals surface area contributed by atoms with Gasteiger partial charge in [-0.25, -0.2) is 0 Å². The second-order valence-corrected chi connectivity index (χ2v) is 5.44. The molecule has 0 saturated carbocycles. The van der Waals surface area contributed by atoms with Crippen molar-refractivity contribution in [3.63, 3.8) is 0 Å². The zero-order chi connectivity index (χ0) is 12.2. The van der Waals surface area contributed by atoms with Gasteiger partial charge in [-0.05, 0) is 29.4 Å². The molecule has 0 heterocycles. The van der Waals surface area contributed by atoms with E-state index in [1.54, 1.807) is 0 Å². The Morgan fingerprint density at radius 1 is 1.25 bits per heavy atom. The molecule has 88 valence electrons. The normalized spacial score (nSPS) is 13.5. The Bertz CT molecular complexity index is 329. The van der Waals surface area contributed by atoms with Gasteiger partial charge in [0.1, 0.15) is 0 Å². The van der Waals surface area contributed by atoms with E-state index < -0.39 is 0 Å². The third-order valence-corrected chi connectivity index (χ3v) is 2.79. The monoisotopic (exact) mass is 217 g/mol. The second-order valence-electron chi connectivity index (χ2n) is 5.44. The predicted molar refractivity (Wildman–Crippen MR) is 71.6 cm³/mol. The van der Waals surface area contributed by atoms with E-state index in [2.05, 4.69) is 51.6 Å². The molecule has 1 unspecified atom stereocenters. The first-order valence-corrected chi connectivity index (χ1v) is 5.89. The van der Waals surface area contributed by atoms with Crippen molar-refractivity contribution in [3.8, 4) is 0 Å². The first kappa shape index (κ1) is 13.0. The maximum absolute atomic E-state index is 5.97. The van der Waals surface area contributed by atoms with Crippen LogP contribution < -0.4 is 5.73 Å². The third kappa shape index (κ3) is 3.82. The van der Waals surface area contributed by atoms with Crippen LogP contribution in [0.4, 0.5) is 0 Å². The number of nitrogens with two attached hydrogens (primary N) is 1. The maximum Gasteiger partial charge on any atom is 0.0114 e. The molecule has 0 radical (unpaired) electrons. The van der Waals surface area contributed by atoms with Crippen LogP contribution in [0.25, 0.3) is 0 Å². The van der Waals surface area contributed by atoms with Gasteiger partial charge in [-0.1, -0.05) is 51.1 Å². The van der Waals surface area contributed by atoms with Crippen LogP contribution in [0.3, 0.4) is 0 Å². The molecule has 16 heavy (non-hydrogen) atoms. The number of hydrogen-bond donors (Lipinski definition) is 1. The fourth-order valence-electron chi connectivity index (χ4n) is 1.74. The van der Waals surface area contributed by atoms with Crippen LogP contribution >= 0.6 is 0 Å². The van der Waals surface area contributed by atoms with Gasteiger partial charge in [-0.3, -0.25) is 0 Å². The quantitative estimate of drug-likeness (QED) is 0.768. The van der Waals surface area contributed by atoms with Crippen LogP contribution in [-0.2, 0) is 11.8 Å². The maximum atomic E-state index is 5.97. The Balaban J connectivity index is 2.68. The lowest BCUT2D eigenvalue weighted by atomic mass is 9.86. The summed E-state index contributed by atoms with van der Waals surface area (Å²) in [6, 6.07) is 8.97. The first-order valence-electron chi connectivity index (χ1n) is 5.89. The lowest BCUT2D eigenvalue weighted by molar-refractivity contribution is 0.589. The molecular weight excluding hydrogens is 194 g/mol. The van der Waals surface area contributed by atoms with Crippen LogP contribution in [0.1, 0.15) is 38.3 Å². The van der Waals surface area contributed by atoms with Crippen molar-refractivity contribution in [2.75, 3.05) is 0 Å². The molecule has 1 rings (SSSR count). The molecule has 2 N–H and O–H groups in total. The van der Waals surface area contributed by atoms with Crippen LogP contribution in [0.5, 0.6) is 0 Å². The summed E-state index contributed by atoms with van der Waals surface area (Å²) in [5.41, 5.74) is 8.87. The Labute approximate surface area is 99.4 Å². The van der Waals surface area contributed by atoms with Crippen molar-refractivity contribution < 1.29 is 0 Å². The molecule has 1 heteroatoms. The third-order valence-electron chi connectivity index (χ3n) is 2.79. The fourth-order valence-corrected chi connectivity index (χ4v) is 1.74. The SMILES string of the molecule is C=CCC(N)Cc1ccc(C(C)(C)C)cc1. The number of benzene rings is 1. The largest absolute Gasteiger partial charge is 0.327 e. The number of hydrogen-bond acceptors (Lipinski definition) is 1. The highest BCUT2D eigenvalue weighted by Crippen LogP contribution is 2.22. The molecule has 0 fully saturated rings. The van der Waals surface area contributed by atoms with E-state index >= 15 is 0 Å². The Morgan fingerprint density at radius 2 is 1.81 bits per heavy atom. The minimum Gasteiger partial charge on any atom is -0.327 e. The molecular formula is C15H23N. The molecule has 0 bridgehead atoms. The number of rotatable bonds is 4. The van der Waals surface area contributed by atoms with Crippen molar-refractivity contribution in [2.24, 2.45) is 5.73 Å². The Morgan fingerprint density at radius 3 is 2.25 bits per heavy atom. The molecule has 1 nitrogen and oxygen atoms in total. The summed E-state index contributed by atoms with van der Waals surface area (Å²) in [5, 5.41) is 0. The van der Waals surface area contributed by atoms with Crippen molar-refractivity contribution in [3.05, 3.63) is 48.0 Å². The smallest absolute Gasteiger partial charge is 0.0114 e. The summed E-state index contributed by atoms with van der Waals surface area (Å²) in [4.78, 5) is 0. The van der Waals surface area contributed by atoms with Gasteiger partial charge in [0.25, 0.3) is 0 Å². The molecule has 0 aromatic heterocycles. The van der Waals surface area contributed by atoms with Gasteiger partial charge < -0.3 is 5.73 Å². The average Bonchev–Trinajstić information content (AvgIpc) is 2.17. The van der Waals surface area contributed by atoms with E-state index in [1.165, 1.54) is 11.1 Å².